The van der Waals surface area contributed by atoms with Gasteiger partial charge in [0.25, 0.3) is 0 Å². The fraction of sp³-hybridized carbons (Fsp3) is 0.632. The van der Waals surface area contributed by atoms with Crippen molar-refractivity contribution in [2.45, 2.75) is 64.7 Å². The Labute approximate surface area is 124 Å². The Bertz CT molecular complexity index is 432. The number of benzene rings is 1. The number of hydrogen-bond acceptors (Lipinski definition) is 1. The lowest BCUT2D eigenvalue weighted by Gasteiger charge is -2.30. The topological polar surface area (TPSA) is 23.8 Å². The molecule has 108 valence electrons. The molecule has 1 unspecified atom stereocenters. The van der Waals surface area contributed by atoms with Crippen molar-refractivity contribution < 1.29 is 0 Å². The Morgan fingerprint density at radius 3 is 2.35 bits per heavy atom. The molecule has 1 saturated carbocycles. The quantitative estimate of drug-likeness (QED) is 0.676. The van der Waals surface area contributed by atoms with Crippen molar-refractivity contribution in [2.24, 2.45) is 11.8 Å². The van der Waals surface area contributed by atoms with E-state index in [1.165, 1.54) is 50.5 Å². The molecule has 1 heteroatoms. The lowest BCUT2D eigenvalue weighted by molar-refractivity contribution is 0.269. The van der Waals surface area contributed by atoms with E-state index >= 15 is 0 Å². The summed E-state index contributed by atoms with van der Waals surface area (Å²) in [5, 5.41) is 8.85. The van der Waals surface area contributed by atoms with Crippen LogP contribution in [0.5, 0.6) is 0 Å². The molecular weight excluding hydrogens is 242 g/mol. The van der Waals surface area contributed by atoms with Crippen LogP contribution in [0.2, 0.25) is 0 Å². The van der Waals surface area contributed by atoms with E-state index in [1.54, 1.807) is 0 Å². The van der Waals surface area contributed by atoms with Crippen molar-refractivity contribution >= 4 is 0 Å². The van der Waals surface area contributed by atoms with Gasteiger partial charge in [-0.25, -0.2) is 0 Å². The summed E-state index contributed by atoms with van der Waals surface area (Å²) in [4.78, 5) is 0. The first-order chi connectivity index (χ1) is 9.72. The summed E-state index contributed by atoms with van der Waals surface area (Å²) in [6.45, 7) is 4.70. The predicted molar refractivity (Wildman–Crippen MR) is 84.5 cm³/mol. The van der Waals surface area contributed by atoms with Crippen LogP contribution in [0.25, 0.3) is 0 Å². The highest BCUT2D eigenvalue weighted by Gasteiger charge is 2.23. The van der Waals surface area contributed by atoms with Gasteiger partial charge in [-0.05, 0) is 67.6 Å². The molecule has 0 saturated heterocycles. The number of nitriles is 1. The van der Waals surface area contributed by atoms with Crippen molar-refractivity contribution in [1.82, 2.24) is 0 Å². The first-order valence-electron chi connectivity index (χ1n) is 8.23. The van der Waals surface area contributed by atoms with Gasteiger partial charge in [0, 0.05) is 0 Å². The molecule has 1 fully saturated rings. The molecule has 1 atom stereocenters. The molecule has 1 nitrogen and oxygen atoms in total. The molecule has 0 aliphatic heterocycles. The summed E-state index contributed by atoms with van der Waals surface area (Å²) in [6, 6.07) is 10.4. The van der Waals surface area contributed by atoms with Gasteiger partial charge in [0.05, 0.1) is 11.6 Å². The van der Waals surface area contributed by atoms with Crippen molar-refractivity contribution in [2.75, 3.05) is 0 Å². The zero-order chi connectivity index (χ0) is 14.4. The van der Waals surface area contributed by atoms with E-state index in [-0.39, 0.29) is 0 Å². The molecule has 0 radical (unpaired) electrons. The minimum absolute atomic E-state index is 0.723. The molecule has 0 amide bonds. The van der Waals surface area contributed by atoms with Gasteiger partial charge in [0.1, 0.15) is 0 Å². The van der Waals surface area contributed by atoms with Crippen LogP contribution in [0, 0.1) is 23.2 Å². The van der Waals surface area contributed by atoms with Gasteiger partial charge >= 0.3 is 0 Å². The Morgan fingerprint density at radius 2 is 1.80 bits per heavy atom. The second-order valence-electron chi connectivity index (χ2n) is 6.58. The summed E-state index contributed by atoms with van der Waals surface area (Å²) in [7, 11) is 0. The lowest BCUT2D eigenvalue weighted by Crippen LogP contribution is -2.15. The minimum atomic E-state index is 0.723. The third-order valence-corrected chi connectivity index (χ3v) is 4.88. The largest absolute Gasteiger partial charge is 0.192 e. The second-order valence-corrected chi connectivity index (χ2v) is 6.58. The third kappa shape index (κ3) is 4.10. The summed E-state index contributed by atoms with van der Waals surface area (Å²) < 4.78 is 0. The summed E-state index contributed by atoms with van der Waals surface area (Å²) >= 11 is 0. The van der Waals surface area contributed by atoms with Crippen LogP contribution in [-0.4, -0.2) is 0 Å². The average Bonchev–Trinajstić information content (AvgIpc) is 2.48. The molecule has 1 aromatic rings. The molecule has 2 rings (SSSR count). The van der Waals surface area contributed by atoms with Gasteiger partial charge in [-0.1, -0.05) is 38.8 Å². The normalized spacial score (nSPS) is 24.1. The highest BCUT2D eigenvalue weighted by molar-refractivity contribution is 5.33. The predicted octanol–water partition coefficient (Wildman–Crippen LogP) is 5.66. The zero-order valence-corrected chi connectivity index (χ0v) is 12.9. The maximum Gasteiger partial charge on any atom is 0.0991 e. The van der Waals surface area contributed by atoms with Crippen LogP contribution in [0.4, 0.5) is 0 Å². The number of hydrogen-bond donors (Lipinski definition) is 0. The van der Waals surface area contributed by atoms with E-state index in [9.17, 15) is 0 Å². The van der Waals surface area contributed by atoms with Crippen LogP contribution in [-0.2, 0) is 0 Å². The molecular formula is C19H27N. The van der Waals surface area contributed by atoms with Gasteiger partial charge in [-0.2, -0.15) is 5.26 Å². The van der Waals surface area contributed by atoms with Crippen LogP contribution in [0.3, 0.4) is 0 Å². The first-order valence-corrected chi connectivity index (χ1v) is 8.23. The Kier molecular flexibility index (Phi) is 5.65. The van der Waals surface area contributed by atoms with Gasteiger partial charge in [-0.15, -0.1) is 0 Å². The maximum atomic E-state index is 8.85. The van der Waals surface area contributed by atoms with Gasteiger partial charge < -0.3 is 0 Å². The van der Waals surface area contributed by atoms with Crippen molar-refractivity contribution in [3.05, 3.63) is 35.4 Å². The van der Waals surface area contributed by atoms with Crippen molar-refractivity contribution in [1.29, 1.82) is 5.26 Å². The van der Waals surface area contributed by atoms with Crippen LogP contribution < -0.4 is 0 Å². The Hall–Kier alpha value is -1.29. The maximum absolute atomic E-state index is 8.85. The third-order valence-electron chi connectivity index (χ3n) is 4.88. The Morgan fingerprint density at radius 1 is 1.15 bits per heavy atom. The molecule has 0 N–H and O–H groups in total. The van der Waals surface area contributed by atoms with Gasteiger partial charge in [0.2, 0.25) is 0 Å². The fourth-order valence-electron chi connectivity index (χ4n) is 3.74. The molecule has 20 heavy (non-hydrogen) atoms. The smallest absolute Gasteiger partial charge is 0.0991 e. The fourth-order valence-corrected chi connectivity index (χ4v) is 3.74. The van der Waals surface area contributed by atoms with E-state index in [0.717, 1.165) is 23.3 Å². The molecule has 0 bridgehead atoms. The van der Waals surface area contributed by atoms with E-state index in [0.29, 0.717) is 0 Å². The van der Waals surface area contributed by atoms with Crippen LogP contribution in [0.1, 0.15) is 75.8 Å². The van der Waals surface area contributed by atoms with Crippen LogP contribution in [0.15, 0.2) is 24.3 Å². The Balaban J connectivity index is 1.83. The van der Waals surface area contributed by atoms with E-state index < -0.39 is 0 Å². The number of rotatable bonds is 5. The summed E-state index contributed by atoms with van der Waals surface area (Å²) in [6.07, 6.45) is 9.56. The van der Waals surface area contributed by atoms with E-state index in [2.05, 4.69) is 32.0 Å². The molecule has 1 aromatic carbocycles. The van der Waals surface area contributed by atoms with Gasteiger partial charge in [-0.3, -0.25) is 0 Å². The standard InChI is InChI=1S/C19H27N/c1-3-4-15(2)13-16-5-9-18(10-6-16)19-11-7-17(14-20)8-12-19/h7-8,11-12,15-16,18H,3-6,9-10,13H2,1-2H3. The van der Waals surface area contributed by atoms with E-state index in [1.807, 2.05) is 12.1 Å². The second kappa shape index (κ2) is 7.48. The first kappa shape index (κ1) is 15.1. The SMILES string of the molecule is CCCC(C)CC1CCC(c2ccc(C#N)cc2)CC1. The molecule has 1 aliphatic carbocycles. The van der Waals surface area contributed by atoms with Crippen molar-refractivity contribution in [3.63, 3.8) is 0 Å². The van der Waals surface area contributed by atoms with Crippen molar-refractivity contribution in [3.8, 4) is 6.07 Å². The minimum Gasteiger partial charge on any atom is -0.192 e. The molecule has 0 heterocycles. The lowest BCUT2D eigenvalue weighted by atomic mass is 9.75. The highest BCUT2D eigenvalue weighted by Crippen LogP contribution is 2.38. The molecule has 0 aromatic heterocycles. The summed E-state index contributed by atoms with van der Waals surface area (Å²) in [5.74, 6) is 2.57. The monoisotopic (exact) mass is 269 g/mol. The summed E-state index contributed by atoms with van der Waals surface area (Å²) in [5.41, 5.74) is 2.21. The van der Waals surface area contributed by atoms with E-state index in [4.69, 9.17) is 5.26 Å². The molecule has 0 spiro atoms. The zero-order valence-electron chi connectivity index (χ0n) is 12.9. The van der Waals surface area contributed by atoms with Crippen LogP contribution >= 0.6 is 0 Å². The number of nitrogens with zero attached hydrogens (tertiary/aromatic N) is 1. The highest BCUT2D eigenvalue weighted by atomic mass is 14.3. The molecule has 1 aliphatic rings. The van der Waals surface area contributed by atoms with Gasteiger partial charge in [0.15, 0.2) is 0 Å². The average molecular weight is 269 g/mol.